The molecule has 2 heterocycles. The summed E-state index contributed by atoms with van der Waals surface area (Å²) < 4.78 is 1.74. The molecule has 2 aromatic rings. The van der Waals surface area contributed by atoms with Crippen LogP contribution in [-0.2, 0) is 0 Å². The molecule has 1 aliphatic rings. The van der Waals surface area contributed by atoms with Crippen LogP contribution in [0.25, 0.3) is 5.82 Å². The fourth-order valence-electron chi connectivity index (χ4n) is 1.74. The van der Waals surface area contributed by atoms with Gasteiger partial charge in [0.05, 0.1) is 11.9 Å². The van der Waals surface area contributed by atoms with Crippen LogP contribution >= 0.6 is 12.6 Å². The van der Waals surface area contributed by atoms with E-state index in [2.05, 4.69) is 27.9 Å². The Hall–Kier alpha value is -1.36. The first kappa shape index (κ1) is 10.8. The van der Waals surface area contributed by atoms with Gasteiger partial charge in [0.25, 0.3) is 0 Å². The fraction of sp³-hybridized carbons (Fsp3) is 0.417. The van der Waals surface area contributed by atoms with E-state index in [1.807, 2.05) is 31.5 Å². The number of hydrogen-bond donors (Lipinski definition) is 1. The Morgan fingerprint density at radius 1 is 1.41 bits per heavy atom. The summed E-state index contributed by atoms with van der Waals surface area (Å²) in [7, 11) is 0. The van der Waals surface area contributed by atoms with Crippen LogP contribution < -0.4 is 0 Å². The van der Waals surface area contributed by atoms with Gasteiger partial charge in [-0.15, -0.1) is 5.10 Å². The molecule has 1 fully saturated rings. The van der Waals surface area contributed by atoms with Gasteiger partial charge in [0.2, 0.25) is 0 Å². The summed E-state index contributed by atoms with van der Waals surface area (Å²) in [5, 5.41) is 8.48. The van der Waals surface area contributed by atoms with E-state index in [4.69, 9.17) is 0 Å². The van der Waals surface area contributed by atoms with E-state index < -0.39 is 0 Å². The standard InChI is InChI=1S/C12H14N4S/c1-8(17)10-4-5-12(13-6-10)16-7-11(14-15-16)9-2-3-9/h4-9,17H,2-3H2,1H3. The van der Waals surface area contributed by atoms with E-state index in [0.29, 0.717) is 5.92 Å². The molecular weight excluding hydrogens is 232 g/mol. The maximum atomic E-state index is 4.37. The van der Waals surface area contributed by atoms with Gasteiger partial charge in [-0.05, 0) is 31.4 Å². The summed E-state index contributed by atoms with van der Waals surface area (Å²) in [5.41, 5.74) is 2.19. The summed E-state index contributed by atoms with van der Waals surface area (Å²) in [6.45, 7) is 2.03. The van der Waals surface area contributed by atoms with Crippen molar-refractivity contribution < 1.29 is 0 Å². The van der Waals surface area contributed by atoms with Crippen LogP contribution in [0.2, 0.25) is 0 Å². The zero-order chi connectivity index (χ0) is 11.8. The molecule has 17 heavy (non-hydrogen) atoms. The third-order valence-corrected chi connectivity index (χ3v) is 3.29. The van der Waals surface area contributed by atoms with Crippen LogP contribution in [0.15, 0.2) is 24.5 Å². The Balaban J connectivity index is 1.86. The van der Waals surface area contributed by atoms with Gasteiger partial charge in [0, 0.05) is 17.4 Å². The van der Waals surface area contributed by atoms with Gasteiger partial charge in [-0.1, -0.05) is 11.3 Å². The third-order valence-electron chi connectivity index (χ3n) is 2.99. The molecule has 1 aliphatic carbocycles. The minimum atomic E-state index is 0.203. The minimum Gasteiger partial charge on any atom is -0.237 e. The highest BCUT2D eigenvalue weighted by Crippen LogP contribution is 2.38. The fourth-order valence-corrected chi connectivity index (χ4v) is 1.89. The van der Waals surface area contributed by atoms with Crippen molar-refractivity contribution in [3.63, 3.8) is 0 Å². The lowest BCUT2D eigenvalue weighted by atomic mass is 10.2. The molecule has 0 amide bonds. The van der Waals surface area contributed by atoms with E-state index >= 15 is 0 Å². The van der Waals surface area contributed by atoms with Crippen LogP contribution in [0.3, 0.4) is 0 Å². The van der Waals surface area contributed by atoms with Crippen molar-refractivity contribution in [3.8, 4) is 5.82 Å². The summed E-state index contributed by atoms with van der Waals surface area (Å²) >= 11 is 4.37. The van der Waals surface area contributed by atoms with Crippen molar-refractivity contribution in [1.29, 1.82) is 0 Å². The summed E-state index contributed by atoms with van der Waals surface area (Å²) in [6.07, 6.45) is 6.29. The molecule has 4 nitrogen and oxygen atoms in total. The van der Waals surface area contributed by atoms with Crippen molar-refractivity contribution in [2.24, 2.45) is 0 Å². The number of hydrogen-bond acceptors (Lipinski definition) is 4. The predicted octanol–water partition coefficient (Wildman–Crippen LogP) is 2.53. The van der Waals surface area contributed by atoms with Gasteiger partial charge >= 0.3 is 0 Å². The van der Waals surface area contributed by atoms with Crippen LogP contribution in [-0.4, -0.2) is 20.0 Å². The zero-order valence-corrected chi connectivity index (χ0v) is 10.5. The maximum absolute atomic E-state index is 4.37. The first-order valence-corrected chi connectivity index (χ1v) is 6.32. The first-order valence-electron chi connectivity index (χ1n) is 5.80. The molecule has 0 spiro atoms. The molecule has 0 aliphatic heterocycles. The molecule has 0 aromatic carbocycles. The van der Waals surface area contributed by atoms with Crippen LogP contribution in [0.1, 0.15) is 42.2 Å². The molecule has 0 N–H and O–H groups in total. The molecule has 0 radical (unpaired) electrons. The summed E-state index contributed by atoms with van der Waals surface area (Å²) in [6, 6.07) is 3.98. The molecule has 1 atom stereocenters. The Bertz CT molecular complexity index is 514. The quantitative estimate of drug-likeness (QED) is 0.846. The van der Waals surface area contributed by atoms with Gasteiger partial charge in [-0.3, -0.25) is 0 Å². The molecule has 0 saturated heterocycles. The van der Waals surface area contributed by atoms with Crippen LogP contribution in [0, 0.1) is 0 Å². The molecule has 1 saturated carbocycles. The maximum Gasteiger partial charge on any atom is 0.155 e. The lowest BCUT2D eigenvalue weighted by Crippen LogP contribution is -1.99. The monoisotopic (exact) mass is 246 g/mol. The van der Waals surface area contributed by atoms with Crippen molar-refractivity contribution in [3.05, 3.63) is 35.8 Å². The van der Waals surface area contributed by atoms with Crippen molar-refractivity contribution >= 4 is 12.6 Å². The second-order valence-corrected chi connectivity index (χ2v) is 5.26. The van der Waals surface area contributed by atoms with E-state index in [1.165, 1.54) is 12.8 Å². The van der Waals surface area contributed by atoms with Crippen molar-refractivity contribution in [2.75, 3.05) is 0 Å². The lowest BCUT2D eigenvalue weighted by Gasteiger charge is -2.04. The minimum absolute atomic E-state index is 0.203. The number of aromatic nitrogens is 4. The largest absolute Gasteiger partial charge is 0.237 e. The highest BCUT2D eigenvalue weighted by Gasteiger charge is 2.26. The molecule has 1 unspecified atom stereocenters. The molecular formula is C12H14N4S. The normalized spacial score (nSPS) is 17.1. The second kappa shape index (κ2) is 4.14. The Morgan fingerprint density at radius 2 is 2.24 bits per heavy atom. The SMILES string of the molecule is CC(S)c1ccc(-n2cc(C3CC3)nn2)nc1. The van der Waals surface area contributed by atoms with Gasteiger partial charge in [0.15, 0.2) is 5.82 Å². The van der Waals surface area contributed by atoms with E-state index in [1.54, 1.807) is 4.68 Å². The van der Waals surface area contributed by atoms with E-state index in [9.17, 15) is 0 Å². The summed E-state index contributed by atoms with van der Waals surface area (Å²) in [4.78, 5) is 4.37. The van der Waals surface area contributed by atoms with Crippen molar-refractivity contribution in [1.82, 2.24) is 20.0 Å². The Kier molecular flexibility index (Phi) is 2.63. The Labute approximate surface area is 105 Å². The highest BCUT2D eigenvalue weighted by atomic mass is 32.1. The number of thiol groups is 1. The topological polar surface area (TPSA) is 43.6 Å². The number of rotatable bonds is 3. The van der Waals surface area contributed by atoms with Crippen molar-refractivity contribution in [2.45, 2.75) is 30.9 Å². The average Bonchev–Trinajstić information content (AvgIpc) is 3.07. The van der Waals surface area contributed by atoms with Gasteiger partial charge in [-0.25, -0.2) is 9.67 Å². The molecule has 2 aromatic heterocycles. The molecule has 5 heteroatoms. The first-order chi connectivity index (χ1) is 8.24. The average molecular weight is 246 g/mol. The third kappa shape index (κ3) is 2.20. The van der Waals surface area contributed by atoms with Gasteiger partial charge in [-0.2, -0.15) is 12.6 Å². The number of nitrogens with zero attached hydrogens (tertiary/aromatic N) is 4. The molecule has 0 bridgehead atoms. The molecule has 3 rings (SSSR count). The lowest BCUT2D eigenvalue weighted by molar-refractivity contribution is 0.775. The van der Waals surface area contributed by atoms with E-state index in [0.717, 1.165) is 17.1 Å². The Morgan fingerprint density at radius 3 is 2.82 bits per heavy atom. The molecule has 88 valence electrons. The number of pyridine rings is 1. The zero-order valence-electron chi connectivity index (χ0n) is 9.61. The van der Waals surface area contributed by atoms with Gasteiger partial charge in [0.1, 0.15) is 0 Å². The predicted molar refractivity (Wildman–Crippen MR) is 68.5 cm³/mol. The summed E-state index contributed by atoms with van der Waals surface area (Å²) in [5.74, 6) is 1.43. The van der Waals surface area contributed by atoms with Crippen LogP contribution in [0.5, 0.6) is 0 Å². The van der Waals surface area contributed by atoms with Gasteiger partial charge < -0.3 is 0 Å². The second-order valence-electron chi connectivity index (χ2n) is 4.49. The highest BCUT2D eigenvalue weighted by molar-refractivity contribution is 7.80. The van der Waals surface area contributed by atoms with E-state index in [-0.39, 0.29) is 5.25 Å². The van der Waals surface area contributed by atoms with Crippen LogP contribution in [0.4, 0.5) is 0 Å². The smallest absolute Gasteiger partial charge is 0.155 e.